The minimum absolute atomic E-state index is 0.0288. The summed E-state index contributed by atoms with van der Waals surface area (Å²) >= 11 is 0. The lowest BCUT2D eigenvalue weighted by Gasteiger charge is -2.18. The lowest BCUT2D eigenvalue weighted by Crippen LogP contribution is -2.26. The van der Waals surface area contributed by atoms with Crippen molar-refractivity contribution in [2.45, 2.75) is 232 Å². The van der Waals surface area contributed by atoms with E-state index in [0.29, 0.717) is 19.8 Å². The topological polar surface area (TPSA) is 27.7 Å². The Kier molecular flexibility index (Phi) is 37.5. The summed E-state index contributed by atoms with van der Waals surface area (Å²) in [5, 5.41) is 0. The highest BCUT2D eigenvalue weighted by Crippen LogP contribution is 2.16. The summed E-state index contributed by atoms with van der Waals surface area (Å²) < 4.78 is 18.4. The quantitative estimate of drug-likeness (QED) is 0.0642. The first kappa shape index (κ1) is 46.1. The highest BCUT2D eigenvalue weighted by molar-refractivity contribution is 5.13. The van der Waals surface area contributed by atoms with E-state index in [-0.39, 0.29) is 6.10 Å². The van der Waals surface area contributed by atoms with Crippen LogP contribution in [0.4, 0.5) is 0 Å². The predicted octanol–water partition coefficient (Wildman–Crippen LogP) is 15.1. The maximum atomic E-state index is 6.28. The molecule has 0 radical (unpaired) electrons. The van der Waals surface area contributed by atoms with E-state index in [1.165, 1.54) is 198 Å². The van der Waals surface area contributed by atoms with Crippen LogP contribution >= 0.6 is 0 Å². The molecule has 0 fully saturated rings. The van der Waals surface area contributed by atoms with Crippen LogP contribution in [0.5, 0.6) is 0 Å². The van der Waals surface area contributed by atoms with Gasteiger partial charge in [0, 0.05) is 13.2 Å². The standard InChI is InChI=1S/C46H86O3/c1-3-5-7-9-11-13-15-17-19-21-23-25-27-29-31-36-40-47-43-46(44-48-42-45-38-34-33-35-39-45)49-41-37-32-30-28-26-24-22-20-18-16-14-12-10-8-6-4-2/h33-35,38-39,46H,3-32,36-37,40-44H2,1-2H3/t46-/m0/s1. The predicted molar refractivity (Wildman–Crippen MR) is 216 cm³/mol. The number of unbranched alkanes of at least 4 members (excludes halogenated alkanes) is 30. The third kappa shape index (κ3) is 35.3. The zero-order valence-electron chi connectivity index (χ0n) is 33.4. The molecule has 0 aliphatic carbocycles. The van der Waals surface area contributed by atoms with Gasteiger partial charge in [0.15, 0.2) is 0 Å². The fraction of sp³-hybridized carbons (Fsp3) is 0.870. The minimum atomic E-state index is 0.0288. The molecule has 0 heterocycles. The number of ether oxygens (including phenoxy) is 3. The van der Waals surface area contributed by atoms with Crippen LogP contribution in [0, 0.1) is 0 Å². The summed E-state index contributed by atoms with van der Waals surface area (Å²) in [6, 6.07) is 10.5. The molecule has 1 aromatic rings. The van der Waals surface area contributed by atoms with Crippen molar-refractivity contribution in [3.05, 3.63) is 35.9 Å². The molecule has 0 saturated heterocycles. The highest BCUT2D eigenvalue weighted by Gasteiger charge is 2.10. The van der Waals surface area contributed by atoms with Gasteiger partial charge in [-0.25, -0.2) is 0 Å². The van der Waals surface area contributed by atoms with Crippen molar-refractivity contribution in [2.24, 2.45) is 0 Å². The van der Waals surface area contributed by atoms with Gasteiger partial charge in [-0.3, -0.25) is 0 Å². The molecule has 288 valence electrons. The average molecular weight is 687 g/mol. The van der Waals surface area contributed by atoms with Crippen molar-refractivity contribution in [3.63, 3.8) is 0 Å². The first-order chi connectivity index (χ1) is 24.4. The number of rotatable bonds is 41. The Hall–Kier alpha value is -0.900. The molecule has 0 aromatic heterocycles. The monoisotopic (exact) mass is 687 g/mol. The van der Waals surface area contributed by atoms with Crippen LogP contribution in [0.15, 0.2) is 30.3 Å². The number of hydrogen-bond acceptors (Lipinski definition) is 3. The van der Waals surface area contributed by atoms with E-state index in [0.717, 1.165) is 26.1 Å². The van der Waals surface area contributed by atoms with Crippen LogP contribution < -0.4 is 0 Å². The molecule has 0 aliphatic heterocycles. The summed E-state index contributed by atoms with van der Waals surface area (Å²) in [5.74, 6) is 0. The Labute approximate surface area is 307 Å². The fourth-order valence-electron chi connectivity index (χ4n) is 6.89. The Morgan fingerprint density at radius 2 is 0.694 bits per heavy atom. The Bertz CT molecular complexity index is 722. The summed E-state index contributed by atoms with van der Waals surface area (Å²) in [4.78, 5) is 0. The molecule has 3 nitrogen and oxygen atoms in total. The lowest BCUT2D eigenvalue weighted by molar-refractivity contribution is -0.0645. The lowest BCUT2D eigenvalue weighted by atomic mass is 10.0. The molecule has 49 heavy (non-hydrogen) atoms. The number of benzene rings is 1. The van der Waals surface area contributed by atoms with E-state index < -0.39 is 0 Å². The van der Waals surface area contributed by atoms with E-state index in [1.807, 2.05) is 0 Å². The highest BCUT2D eigenvalue weighted by atomic mass is 16.6. The van der Waals surface area contributed by atoms with E-state index in [4.69, 9.17) is 14.2 Å². The molecule has 0 amide bonds. The third-order valence-electron chi connectivity index (χ3n) is 10.2. The van der Waals surface area contributed by atoms with Gasteiger partial charge >= 0.3 is 0 Å². The minimum Gasteiger partial charge on any atom is -0.379 e. The molecule has 0 N–H and O–H groups in total. The van der Waals surface area contributed by atoms with E-state index >= 15 is 0 Å². The van der Waals surface area contributed by atoms with Gasteiger partial charge in [0.05, 0.1) is 19.8 Å². The van der Waals surface area contributed by atoms with Crippen molar-refractivity contribution >= 4 is 0 Å². The maximum Gasteiger partial charge on any atom is 0.104 e. The fourth-order valence-corrected chi connectivity index (χ4v) is 6.89. The van der Waals surface area contributed by atoms with Gasteiger partial charge in [-0.1, -0.05) is 237 Å². The molecule has 1 atom stereocenters. The van der Waals surface area contributed by atoms with Gasteiger partial charge in [0.25, 0.3) is 0 Å². The van der Waals surface area contributed by atoms with Gasteiger partial charge in [-0.05, 0) is 18.4 Å². The molecule has 0 bridgehead atoms. The largest absolute Gasteiger partial charge is 0.379 e. The molecule has 1 rings (SSSR count). The van der Waals surface area contributed by atoms with Crippen molar-refractivity contribution < 1.29 is 14.2 Å². The molecule has 0 spiro atoms. The number of hydrogen-bond donors (Lipinski definition) is 0. The molecule has 1 aromatic carbocycles. The summed E-state index contributed by atoms with van der Waals surface area (Å²) in [7, 11) is 0. The maximum absolute atomic E-state index is 6.28. The second kappa shape index (κ2) is 39.9. The van der Waals surface area contributed by atoms with Gasteiger partial charge < -0.3 is 14.2 Å². The van der Waals surface area contributed by atoms with Gasteiger partial charge in [-0.15, -0.1) is 0 Å². The summed E-state index contributed by atoms with van der Waals surface area (Å²) in [6.45, 7) is 8.15. The Morgan fingerprint density at radius 3 is 1.08 bits per heavy atom. The van der Waals surface area contributed by atoms with Crippen LogP contribution in [0.3, 0.4) is 0 Å². The van der Waals surface area contributed by atoms with Crippen LogP contribution in [-0.4, -0.2) is 32.5 Å². The zero-order chi connectivity index (χ0) is 35.0. The molecule has 0 unspecified atom stereocenters. The average Bonchev–Trinajstić information content (AvgIpc) is 3.12. The van der Waals surface area contributed by atoms with E-state index in [9.17, 15) is 0 Å². The Morgan fingerprint density at radius 1 is 0.367 bits per heavy atom. The molecule has 0 aliphatic rings. The first-order valence-electron chi connectivity index (χ1n) is 22.2. The molecule has 3 heteroatoms. The second-order valence-electron chi connectivity index (χ2n) is 15.2. The van der Waals surface area contributed by atoms with Crippen LogP contribution in [0.25, 0.3) is 0 Å². The van der Waals surface area contributed by atoms with Crippen molar-refractivity contribution in [2.75, 3.05) is 26.4 Å². The third-order valence-corrected chi connectivity index (χ3v) is 10.2. The van der Waals surface area contributed by atoms with Crippen molar-refractivity contribution in [1.82, 2.24) is 0 Å². The SMILES string of the molecule is CCCCCCCCCCCCCCCCCCOC[C@@H](COCc1ccccc1)OCCCCCCCCCCCCCCCCCC. The van der Waals surface area contributed by atoms with Gasteiger partial charge in [0.1, 0.15) is 6.10 Å². The Balaban J connectivity index is 2.00. The molecular weight excluding hydrogens is 601 g/mol. The van der Waals surface area contributed by atoms with Crippen LogP contribution in [-0.2, 0) is 20.8 Å². The van der Waals surface area contributed by atoms with Crippen molar-refractivity contribution in [1.29, 1.82) is 0 Å². The zero-order valence-corrected chi connectivity index (χ0v) is 33.4. The van der Waals surface area contributed by atoms with Crippen molar-refractivity contribution in [3.8, 4) is 0 Å². The summed E-state index contributed by atoms with van der Waals surface area (Å²) in [6.07, 6.45) is 44.8. The van der Waals surface area contributed by atoms with Gasteiger partial charge in [-0.2, -0.15) is 0 Å². The smallest absolute Gasteiger partial charge is 0.104 e. The molecule has 0 saturated carbocycles. The normalized spacial score (nSPS) is 12.2. The molecular formula is C46H86O3. The van der Waals surface area contributed by atoms with E-state index in [2.05, 4.69) is 44.2 Å². The first-order valence-corrected chi connectivity index (χ1v) is 22.2. The van der Waals surface area contributed by atoms with Crippen LogP contribution in [0.1, 0.15) is 225 Å². The summed E-state index contributed by atoms with van der Waals surface area (Å²) in [5.41, 5.74) is 1.22. The second-order valence-corrected chi connectivity index (χ2v) is 15.2. The van der Waals surface area contributed by atoms with Crippen LogP contribution in [0.2, 0.25) is 0 Å². The van der Waals surface area contributed by atoms with E-state index in [1.54, 1.807) is 0 Å². The van der Waals surface area contributed by atoms with Gasteiger partial charge in [0.2, 0.25) is 0 Å².